The molecule has 0 atom stereocenters. The number of hydrogen-bond donors (Lipinski definition) is 1. The van der Waals surface area contributed by atoms with E-state index in [2.05, 4.69) is 0 Å². The van der Waals surface area contributed by atoms with E-state index in [-0.39, 0.29) is 5.56 Å². The number of halogens is 1. The van der Waals surface area contributed by atoms with Gasteiger partial charge in [0.1, 0.15) is 5.82 Å². The Balaban J connectivity index is 2.25. The van der Waals surface area contributed by atoms with Crippen molar-refractivity contribution in [2.75, 3.05) is 32.2 Å². The number of hydrogen-bond acceptors (Lipinski definition) is 4. The molecule has 1 aliphatic heterocycles. The zero-order valence-corrected chi connectivity index (χ0v) is 10.1. The van der Waals surface area contributed by atoms with E-state index >= 15 is 0 Å². The lowest BCUT2D eigenvalue weighted by molar-refractivity contribution is -0.219. The third-order valence-electron chi connectivity index (χ3n) is 3.14. The fraction of sp³-hybridized carbons (Fsp3) is 0.417. The molecule has 2 rings (SSSR count). The number of benzene rings is 1. The lowest BCUT2D eigenvalue weighted by Crippen LogP contribution is -2.64. The van der Waals surface area contributed by atoms with Crippen LogP contribution in [0.2, 0.25) is 0 Å². The van der Waals surface area contributed by atoms with Crippen LogP contribution in [0.5, 0.6) is 0 Å². The molecule has 0 bridgehead atoms. The van der Waals surface area contributed by atoms with Crippen molar-refractivity contribution in [3.8, 4) is 0 Å². The Morgan fingerprint density at radius 3 is 2.50 bits per heavy atom. The van der Waals surface area contributed by atoms with Crippen LogP contribution in [0, 0.1) is 5.82 Å². The average Bonchev–Trinajstić information content (AvgIpc) is 2.28. The Morgan fingerprint density at radius 2 is 2.00 bits per heavy atom. The SMILES string of the molecule is COC1(OC)CN(c2cc(F)ccc2C(=O)O)C1. The number of aromatic carboxylic acids is 1. The first-order chi connectivity index (χ1) is 8.51. The molecular formula is C12H14FNO4. The zero-order valence-electron chi connectivity index (χ0n) is 10.1. The van der Waals surface area contributed by atoms with E-state index in [1.807, 2.05) is 0 Å². The minimum Gasteiger partial charge on any atom is -0.478 e. The summed E-state index contributed by atoms with van der Waals surface area (Å²) in [7, 11) is 3.04. The summed E-state index contributed by atoms with van der Waals surface area (Å²) in [5.74, 6) is -2.29. The minimum absolute atomic E-state index is 0.0669. The summed E-state index contributed by atoms with van der Waals surface area (Å²) in [5, 5.41) is 9.06. The third-order valence-corrected chi connectivity index (χ3v) is 3.14. The van der Waals surface area contributed by atoms with Gasteiger partial charge < -0.3 is 19.5 Å². The number of rotatable bonds is 4. The Morgan fingerprint density at radius 1 is 1.39 bits per heavy atom. The van der Waals surface area contributed by atoms with Crippen LogP contribution in [0.15, 0.2) is 18.2 Å². The summed E-state index contributed by atoms with van der Waals surface area (Å²) in [5.41, 5.74) is 0.407. The summed E-state index contributed by atoms with van der Waals surface area (Å²) < 4.78 is 23.6. The van der Waals surface area contributed by atoms with Gasteiger partial charge in [-0.15, -0.1) is 0 Å². The fourth-order valence-corrected chi connectivity index (χ4v) is 1.99. The molecular weight excluding hydrogens is 241 g/mol. The molecule has 0 amide bonds. The largest absolute Gasteiger partial charge is 0.478 e. The predicted octanol–water partition coefficient (Wildman–Crippen LogP) is 1.33. The first-order valence-electron chi connectivity index (χ1n) is 5.39. The second kappa shape index (κ2) is 4.55. The Bertz CT molecular complexity index is 465. The van der Waals surface area contributed by atoms with Crippen molar-refractivity contribution in [3.05, 3.63) is 29.6 Å². The molecule has 18 heavy (non-hydrogen) atoms. The second-order valence-corrected chi connectivity index (χ2v) is 4.14. The normalized spacial score (nSPS) is 17.4. The van der Waals surface area contributed by atoms with Crippen molar-refractivity contribution >= 4 is 11.7 Å². The Labute approximate surface area is 104 Å². The molecule has 0 aliphatic carbocycles. The molecule has 1 saturated heterocycles. The summed E-state index contributed by atoms with van der Waals surface area (Å²) in [6.07, 6.45) is 0. The molecule has 6 heteroatoms. The summed E-state index contributed by atoms with van der Waals surface area (Å²) in [6.45, 7) is 0.730. The number of ether oxygens (including phenoxy) is 2. The minimum atomic E-state index is -1.09. The molecule has 0 aromatic heterocycles. The molecule has 0 saturated carbocycles. The summed E-state index contributed by atoms with van der Waals surface area (Å²) in [6, 6.07) is 3.60. The van der Waals surface area contributed by atoms with Crippen molar-refractivity contribution in [1.29, 1.82) is 0 Å². The quantitative estimate of drug-likeness (QED) is 0.822. The molecule has 1 aliphatic rings. The van der Waals surface area contributed by atoms with E-state index in [4.69, 9.17) is 14.6 Å². The fourth-order valence-electron chi connectivity index (χ4n) is 1.99. The van der Waals surface area contributed by atoms with Crippen molar-refractivity contribution in [2.24, 2.45) is 0 Å². The van der Waals surface area contributed by atoms with Crippen molar-refractivity contribution < 1.29 is 23.8 Å². The second-order valence-electron chi connectivity index (χ2n) is 4.14. The van der Waals surface area contributed by atoms with Gasteiger partial charge in [-0.05, 0) is 18.2 Å². The third kappa shape index (κ3) is 2.04. The van der Waals surface area contributed by atoms with Crippen molar-refractivity contribution in [2.45, 2.75) is 5.79 Å². The van der Waals surface area contributed by atoms with Gasteiger partial charge in [0.15, 0.2) is 0 Å². The Hall–Kier alpha value is -1.66. The maximum absolute atomic E-state index is 13.2. The number of carboxylic acids is 1. The van der Waals surface area contributed by atoms with Crippen LogP contribution >= 0.6 is 0 Å². The highest BCUT2D eigenvalue weighted by Gasteiger charge is 2.45. The lowest BCUT2D eigenvalue weighted by atomic mass is 10.0. The number of methoxy groups -OCH3 is 2. The van der Waals surface area contributed by atoms with E-state index in [0.717, 1.165) is 6.07 Å². The van der Waals surface area contributed by atoms with Gasteiger partial charge in [-0.1, -0.05) is 0 Å². The standard InChI is InChI=1S/C12H14FNO4/c1-17-12(18-2)6-14(7-12)10-5-8(13)3-4-9(10)11(15)16/h3-5H,6-7H2,1-2H3,(H,15,16). The molecule has 1 fully saturated rings. The summed E-state index contributed by atoms with van der Waals surface area (Å²) in [4.78, 5) is 12.8. The van der Waals surface area contributed by atoms with E-state index in [1.165, 1.54) is 26.4 Å². The smallest absolute Gasteiger partial charge is 0.337 e. The molecule has 98 valence electrons. The first kappa shape index (κ1) is 12.8. The highest BCUT2D eigenvalue weighted by Crippen LogP contribution is 2.33. The maximum Gasteiger partial charge on any atom is 0.337 e. The topological polar surface area (TPSA) is 59.0 Å². The van der Waals surface area contributed by atoms with Gasteiger partial charge in [0, 0.05) is 14.2 Å². The molecule has 0 spiro atoms. The maximum atomic E-state index is 13.2. The molecule has 1 N–H and O–H groups in total. The van der Waals surface area contributed by atoms with Gasteiger partial charge in [-0.2, -0.15) is 0 Å². The van der Waals surface area contributed by atoms with Gasteiger partial charge >= 0.3 is 5.97 Å². The van der Waals surface area contributed by atoms with Gasteiger partial charge in [-0.3, -0.25) is 0 Å². The molecule has 1 heterocycles. The lowest BCUT2D eigenvalue weighted by Gasteiger charge is -2.49. The number of carboxylic acid groups (broad SMARTS) is 1. The van der Waals surface area contributed by atoms with Gasteiger partial charge in [0.05, 0.1) is 24.3 Å². The molecule has 1 aromatic rings. The van der Waals surface area contributed by atoms with Crippen molar-refractivity contribution in [1.82, 2.24) is 0 Å². The molecule has 5 nitrogen and oxygen atoms in total. The van der Waals surface area contributed by atoms with Crippen molar-refractivity contribution in [3.63, 3.8) is 0 Å². The highest BCUT2D eigenvalue weighted by atomic mass is 19.1. The monoisotopic (exact) mass is 255 g/mol. The number of anilines is 1. The van der Waals surface area contributed by atoms with Crippen LogP contribution in [0.25, 0.3) is 0 Å². The molecule has 0 unspecified atom stereocenters. The van der Waals surface area contributed by atoms with Gasteiger partial charge in [-0.25, -0.2) is 9.18 Å². The number of nitrogens with zero attached hydrogens (tertiary/aromatic N) is 1. The van der Waals surface area contributed by atoms with Crippen LogP contribution in [-0.4, -0.2) is 44.2 Å². The van der Waals surface area contributed by atoms with Crippen LogP contribution in [0.3, 0.4) is 0 Å². The Kier molecular flexibility index (Phi) is 3.23. The van der Waals surface area contributed by atoms with Crippen LogP contribution in [0.4, 0.5) is 10.1 Å². The van der Waals surface area contributed by atoms with E-state index < -0.39 is 17.6 Å². The van der Waals surface area contributed by atoms with E-state index in [1.54, 1.807) is 4.90 Å². The van der Waals surface area contributed by atoms with Gasteiger partial charge in [0.25, 0.3) is 0 Å². The predicted molar refractivity (Wildman–Crippen MR) is 62.3 cm³/mol. The number of carbonyl (C=O) groups is 1. The van der Waals surface area contributed by atoms with Crippen LogP contribution < -0.4 is 4.90 Å². The molecule has 1 aromatic carbocycles. The van der Waals surface area contributed by atoms with Gasteiger partial charge in [0.2, 0.25) is 5.79 Å². The van der Waals surface area contributed by atoms with E-state index in [9.17, 15) is 9.18 Å². The van der Waals surface area contributed by atoms with Crippen LogP contribution in [0.1, 0.15) is 10.4 Å². The average molecular weight is 255 g/mol. The molecule has 0 radical (unpaired) electrons. The highest BCUT2D eigenvalue weighted by molar-refractivity contribution is 5.94. The van der Waals surface area contributed by atoms with E-state index in [0.29, 0.717) is 18.8 Å². The zero-order chi connectivity index (χ0) is 13.3. The summed E-state index contributed by atoms with van der Waals surface area (Å²) >= 11 is 0. The van der Waals surface area contributed by atoms with Crippen LogP contribution in [-0.2, 0) is 9.47 Å². The first-order valence-corrected chi connectivity index (χ1v) is 5.39.